The number of aromatic nitrogens is 1. The van der Waals surface area contributed by atoms with E-state index in [0.717, 1.165) is 116 Å². The maximum Gasteiger partial charge on any atom is 0.0597 e. The van der Waals surface area contributed by atoms with Crippen molar-refractivity contribution in [3.63, 3.8) is 0 Å². The van der Waals surface area contributed by atoms with Crippen molar-refractivity contribution >= 4 is 49.9 Å². The molecule has 0 saturated heterocycles. The summed E-state index contributed by atoms with van der Waals surface area (Å²) in [5.74, 6) is 0. The van der Waals surface area contributed by atoms with Crippen LogP contribution >= 0.6 is 0 Å². The molecule has 0 fully saturated rings. The first kappa shape index (κ1) is 44.6. The second-order valence-electron chi connectivity index (χ2n) is 16.7. The number of allylic oxidation sites excluding steroid dienone is 3. The Morgan fingerprint density at radius 3 is 1.44 bits per heavy atom. The zero-order valence-corrected chi connectivity index (χ0v) is 36.9. The molecule has 5 rings (SSSR count). The maximum atomic E-state index is 5.04. The van der Waals surface area contributed by atoms with Crippen LogP contribution in [0.5, 0.6) is 0 Å². The SMILES string of the molecule is C=C(C)CN=C(CCCCCC)C(=C)c1ccc(-n2c3ccc(C(=C)C(CCCCCC)=NCC(=C)C)cc3c3cc(C(=C)c4ccc(CC(=C)C)cc4)ccc32)cc1. The van der Waals surface area contributed by atoms with Gasteiger partial charge in [-0.2, -0.15) is 0 Å². The second kappa shape index (κ2) is 21.5. The summed E-state index contributed by atoms with van der Waals surface area (Å²) in [5, 5.41) is 2.34. The molecule has 59 heavy (non-hydrogen) atoms. The van der Waals surface area contributed by atoms with Gasteiger partial charge in [-0.1, -0.05) is 157 Å². The molecule has 306 valence electrons. The third-order valence-corrected chi connectivity index (χ3v) is 11.1. The lowest BCUT2D eigenvalue weighted by Gasteiger charge is -2.14. The summed E-state index contributed by atoms with van der Waals surface area (Å²) in [6.07, 6.45) is 12.2. The van der Waals surface area contributed by atoms with Crippen LogP contribution in [0.1, 0.15) is 127 Å². The van der Waals surface area contributed by atoms with Crippen molar-refractivity contribution in [3.05, 3.63) is 169 Å². The molecule has 0 aliphatic heterocycles. The molecule has 0 saturated carbocycles. The van der Waals surface area contributed by atoms with Gasteiger partial charge in [-0.15, -0.1) is 0 Å². The summed E-state index contributed by atoms with van der Waals surface area (Å²) in [4.78, 5) is 10.0. The second-order valence-corrected chi connectivity index (χ2v) is 16.7. The number of nitrogens with zero attached hydrogens (tertiary/aromatic N) is 3. The van der Waals surface area contributed by atoms with Crippen LogP contribution in [0.4, 0.5) is 0 Å². The van der Waals surface area contributed by atoms with E-state index in [0.29, 0.717) is 13.1 Å². The minimum absolute atomic E-state index is 0.617. The molecule has 0 unspecified atom stereocenters. The van der Waals surface area contributed by atoms with E-state index in [4.69, 9.17) is 9.98 Å². The monoisotopic (exact) mass is 782 g/mol. The number of aliphatic imine (C=N–C) groups is 2. The topological polar surface area (TPSA) is 29.6 Å². The fraction of sp³-hybridized carbons (Fsp3) is 0.321. The molecule has 0 atom stereocenters. The quantitative estimate of drug-likeness (QED) is 0.0359. The Morgan fingerprint density at radius 1 is 0.492 bits per heavy atom. The summed E-state index contributed by atoms with van der Waals surface area (Å²) in [5.41, 5.74) is 17.4. The Balaban J connectivity index is 1.59. The van der Waals surface area contributed by atoms with Crippen molar-refractivity contribution in [2.45, 2.75) is 105 Å². The van der Waals surface area contributed by atoms with Crippen LogP contribution < -0.4 is 0 Å². The molecular weight excluding hydrogens is 715 g/mol. The lowest BCUT2D eigenvalue weighted by molar-refractivity contribution is 0.683. The average Bonchev–Trinajstić information content (AvgIpc) is 3.55. The van der Waals surface area contributed by atoms with E-state index in [1.165, 1.54) is 54.9 Å². The fourth-order valence-electron chi connectivity index (χ4n) is 7.71. The van der Waals surface area contributed by atoms with E-state index < -0.39 is 0 Å². The first-order chi connectivity index (χ1) is 28.4. The van der Waals surface area contributed by atoms with Crippen molar-refractivity contribution in [1.82, 2.24) is 4.57 Å². The van der Waals surface area contributed by atoms with Gasteiger partial charge in [0.2, 0.25) is 0 Å². The highest BCUT2D eigenvalue weighted by atomic mass is 15.0. The average molecular weight is 782 g/mol. The van der Waals surface area contributed by atoms with Gasteiger partial charge >= 0.3 is 0 Å². The van der Waals surface area contributed by atoms with Crippen LogP contribution in [0.25, 0.3) is 44.2 Å². The van der Waals surface area contributed by atoms with Crippen LogP contribution in [0, 0.1) is 0 Å². The van der Waals surface area contributed by atoms with Crippen LogP contribution in [0.2, 0.25) is 0 Å². The molecule has 0 N–H and O–H groups in total. The number of benzene rings is 4. The number of rotatable bonds is 23. The highest BCUT2D eigenvalue weighted by molar-refractivity contribution is 6.24. The highest BCUT2D eigenvalue weighted by Gasteiger charge is 2.18. The van der Waals surface area contributed by atoms with Gasteiger partial charge in [0.05, 0.1) is 24.1 Å². The minimum Gasteiger partial charge on any atom is -0.309 e. The highest BCUT2D eigenvalue weighted by Crippen LogP contribution is 2.37. The van der Waals surface area contributed by atoms with Gasteiger partial charge in [-0.25, -0.2) is 0 Å². The lowest BCUT2D eigenvalue weighted by atomic mass is 9.95. The van der Waals surface area contributed by atoms with E-state index in [2.05, 4.69) is 150 Å². The molecule has 3 heteroatoms. The van der Waals surface area contributed by atoms with Crippen molar-refractivity contribution in [2.24, 2.45) is 9.98 Å². The minimum atomic E-state index is 0.617. The smallest absolute Gasteiger partial charge is 0.0597 e. The molecule has 3 nitrogen and oxygen atoms in total. The van der Waals surface area contributed by atoms with Gasteiger partial charge in [0, 0.05) is 27.9 Å². The van der Waals surface area contributed by atoms with Gasteiger partial charge in [0.25, 0.3) is 0 Å². The van der Waals surface area contributed by atoms with Crippen LogP contribution in [0.15, 0.2) is 151 Å². The first-order valence-corrected chi connectivity index (χ1v) is 21.8. The fourth-order valence-corrected chi connectivity index (χ4v) is 7.71. The van der Waals surface area contributed by atoms with Gasteiger partial charge in [0.1, 0.15) is 0 Å². The summed E-state index contributed by atoms with van der Waals surface area (Å²) in [6, 6.07) is 31.1. The molecule has 0 radical (unpaired) electrons. The summed E-state index contributed by atoms with van der Waals surface area (Å²) in [6.45, 7) is 38.0. The Morgan fingerprint density at radius 2 is 0.949 bits per heavy atom. The summed E-state index contributed by atoms with van der Waals surface area (Å²) >= 11 is 0. The first-order valence-electron chi connectivity index (χ1n) is 21.8. The van der Waals surface area contributed by atoms with Crippen molar-refractivity contribution in [1.29, 1.82) is 0 Å². The predicted octanol–water partition coefficient (Wildman–Crippen LogP) is 16.0. The summed E-state index contributed by atoms with van der Waals surface area (Å²) < 4.78 is 2.38. The molecule has 0 bridgehead atoms. The number of unbranched alkanes of at least 4 members (excludes halogenated alkanes) is 6. The number of fused-ring (bicyclic) bond motifs is 3. The van der Waals surface area contributed by atoms with Gasteiger partial charge < -0.3 is 4.57 Å². The van der Waals surface area contributed by atoms with Crippen LogP contribution in [-0.2, 0) is 6.42 Å². The third-order valence-electron chi connectivity index (χ3n) is 11.1. The van der Waals surface area contributed by atoms with Crippen molar-refractivity contribution < 1.29 is 0 Å². The molecule has 0 aliphatic carbocycles. The molecule has 0 spiro atoms. The molecule has 0 aliphatic rings. The Labute approximate surface area is 356 Å². The van der Waals surface area contributed by atoms with Crippen LogP contribution in [0.3, 0.4) is 0 Å². The van der Waals surface area contributed by atoms with Gasteiger partial charge in [-0.05, 0) is 134 Å². The lowest BCUT2D eigenvalue weighted by Crippen LogP contribution is -2.04. The molecule has 1 heterocycles. The van der Waals surface area contributed by atoms with Crippen molar-refractivity contribution in [2.75, 3.05) is 13.1 Å². The predicted molar refractivity (Wildman–Crippen MR) is 264 cm³/mol. The van der Waals surface area contributed by atoms with E-state index in [1.807, 2.05) is 13.8 Å². The van der Waals surface area contributed by atoms with E-state index in [-0.39, 0.29) is 0 Å². The zero-order valence-electron chi connectivity index (χ0n) is 36.9. The van der Waals surface area contributed by atoms with E-state index in [1.54, 1.807) is 0 Å². The maximum absolute atomic E-state index is 5.04. The normalized spacial score (nSPS) is 11.9. The van der Waals surface area contributed by atoms with Gasteiger partial charge in [0.15, 0.2) is 0 Å². The molecule has 0 amide bonds. The largest absolute Gasteiger partial charge is 0.309 e. The van der Waals surface area contributed by atoms with E-state index in [9.17, 15) is 0 Å². The Hall–Kier alpha value is -5.54. The van der Waals surface area contributed by atoms with Gasteiger partial charge in [-0.3, -0.25) is 9.98 Å². The van der Waals surface area contributed by atoms with Crippen LogP contribution in [-0.4, -0.2) is 29.1 Å². The third kappa shape index (κ3) is 11.8. The standard InChI is InChI=1S/C56H67N3/c1-12-14-16-18-20-53(57-37-40(5)6)43(10)47-26-30-50(31-27-47)59-55-32-28-48(42(9)46-24-22-45(23-25-46)34-39(3)4)35-51(55)52-36-49(29-33-56(52)59)44(11)54(58-38-41(7)8)21-19-17-15-13-2/h22-33,35-36H,3,5,7,9-21,34,37-38H2,1-2,4,6,8H3. The molecule has 4 aromatic carbocycles. The molecular formula is C56H67N3. The molecule has 5 aromatic rings. The summed E-state index contributed by atoms with van der Waals surface area (Å²) in [7, 11) is 0. The van der Waals surface area contributed by atoms with E-state index >= 15 is 0 Å². The Kier molecular flexibility index (Phi) is 16.2. The number of hydrogen-bond acceptors (Lipinski definition) is 2. The van der Waals surface area contributed by atoms with Crippen molar-refractivity contribution in [3.8, 4) is 5.69 Å². The zero-order chi connectivity index (χ0) is 42.5. The Bertz CT molecular complexity index is 2390. The number of hydrogen-bond donors (Lipinski definition) is 0. The molecule has 1 aromatic heterocycles.